The van der Waals surface area contributed by atoms with Crippen LogP contribution in [0.15, 0.2) is 95.7 Å². The van der Waals surface area contributed by atoms with Crippen LogP contribution in [0.4, 0.5) is 5.69 Å². The van der Waals surface area contributed by atoms with E-state index in [0.29, 0.717) is 34.6 Å². The van der Waals surface area contributed by atoms with Crippen molar-refractivity contribution in [3.63, 3.8) is 0 Å². The number of benzene rings is 3. The molecule has 0 saturated heterocycles. The average molecular weight is 469 g/mol. The summed E-state index contributed by atoms with van der Waals surface area (Å²) in [5, 5.41) is 21.5. The molecule has 1 heterocycles. The molecule has 1 aliphatic carbocycles. The molecule has 0 saturated carbocycles. The van der Waals surface area contributed by atoms with Crippen LogP contribution in [0.5, 0.6) is 0 Å². The van der Waals surface area contributed by atoms with Crippen molar-refractivity contribution < 1.29 is 9.90 Å². The van der Waals surface area contributed by atoms with E-state index in [1.165, 1.54) is 0 Å². The van der Waals surface area contributed by atoms with Gasteiger partial charge >= 0.3 is 0 Å². The first-order valence-electron chi connectivity index (χ1n) is 11.4. The van der Waals surface area contributed by atoms with Crippen molar-refractivity contribution >= 4 is 34.7 Å². The SMILES string of the molecule is Cc1ccc(C(O)=C2C(=N)N(c3ccc(Cl)cc3)C3=C(C(=O)CCC3)[C@H]2c2ccccc2)cc1. The zero-order valence-corrected chi connectivity index (χ0v) is 19.6. The van der Waals surface area contributed by atoms with Crippen LogP contribution in [0.25, 0.3) is 5.76 Å². The molecule has 2 aliphatic rings. The zero-order chi connectivity index (χ0) is 23.8. The van der Waals surface area contributed by atoms with Gasteiger partial charge in [-0.2, -0.15) is 0 Å². The highest BCUT2D eigenvalue weighted by molar-refractivity contribution is 6.30. The van der Waals surface area contributed by atoms with Gasteiger partial charge in [-0.25, -0.2) is 0 Å². The highest BCUT2D eigenvalue weighted by atomic mass is 35.5. The molecular formula is C29H25ClN2O2. The summed E-state index contributed by atoms with van der Waals surface area (Å²) in [7, 11) is 0. The lowest BCUT2D eigenvalue weighted by Gasteiger charge is -2.41. The number of hydrogen-bond acceptors (Lipinski definition) is 3. The van der Waals surface area contributed by atoms with Gasteiger partial charge < -0.3 is 5.11 Å². The van der Waals surface area contributed by atoms with Crippen LogP contribution in [-0.4, -0.2) is 16.7 Å². The maximum Gasteiger partial charge on any atom is 0.161 e. The molecule has 3 aromatic rings. The minimum atomic E-state index is -0.513. The number of nitrogens with zero attached hydrogens (tertiary/aromatic N) is 1. The molecule has 0 fully saturated rings. The van der Waals surface area contributed by atoms with Crippen molar-refractivity contribution in [1.82, 2.24) is 0 Å². The minimum Gasteiger partial charge on any atom is -0.507 e. The Balaban J connectivity index is 1.81. The summed E-state index contributed by atoms with van der Waals surface area (Å²) in [6, 6.07) is 24.5. The first kappa shape index (κ1) is 22.2. The summed E-state index contributed by atoms with van der Waals surface area (Å²) in [6.45, 7) is 1.99. The van der Waals surface area contributed by atoms with E-state index < -0.39 is 5.92 Å². The number of carbonyl (C=O) groups excluding carboxylic acids is 1. The zero-order valence-electron chi connectivity index (χ0n) is 18.9. The van der Waals surface area contributed by atoms with Gasteiger partial charge in [0.05, 0.1) is 0 Å². The minimum absolute atomic E-state index is 0.0164. The summed E-state index contributed by atoms with van der Waals surface area (Å²) in [4.78, 5) is 15.2. The summed E-state index contributed by atoms with van der Waals surface area (Å²) in [5.41, 5.74) is 5.26. The Morgan fingerprint density at radius 1 is 0.971 bits per heavy atom. The second-order valence-corrected chi connectivity index (χ2v) is 9.21. The molecule has 0 bridgehead atoms. The average Bonchev–Trinajstić information content (AvgIpc) is 2.85. The van der Waals surface area contributed by atoms with Gasteiger partial charge in [-0.15, -0.1) is 0 Å². The summed E-state index contributed by atoms with van der Waals surface area (Å²) in [6.07, 6.45) is 1.88. The predicted molar refractivity (Wildman–Crippen MR) is 137 cm³/mol. The van der Waals surface area contributed by atoms with Gasteiger partial charge in [0, 0.05) is 45.5 Å². The number of allylic oxidation sites excluding steroid dienone is 2. The number of halogens is 1. The first-order chi connectivity index (χ1) is 16.5. The van der Waals surface area contributed by atoms with Gasteiger partial charge in [0.2, 0.25) is 0 Å². The first-order valence-corrected chi connectivity index (χ1v) is 11.8. The predicted octanol–water partition coefficient (Wildman–Crippen LogP) is 7.21. The molecule has 1 aliphatic heterocycles. The third kappa shape index (κ3) is 3.84. The molecule has 1 atom stereocenters. The lowest BCUT2D eigenvalue weighted by atomic mass is 9.73. The highest BCUT2D eigenvalue weighted by Crippen LogP contribution is 2.47. The maximum atomic E-state index is 13.4. The molecular weight excluding hydrogens is 444 g/mol. The molecule has 3 aromatic carbocycles. The third-order valence-electron chi connectivity index (χ3n) is 6.55. The molecule has 0 aromatic heterocycles. The number of carbonyl (C=O) groups is 1. The molecule has 170 valence electrons. The molecule has 2 N–H and O–H groups in total. The Morgan fingerprint density at radius 2 is 1.65 bits per heavy atom. The van der Waals surface area contributed by atoms with Gasteiger partial charge in [0.1, 0.15) is 11.6 Å². The van der Waals surface area contributed by atoms with E-state index in [1.54, 1.807) is 12.1 Å². The quantitative estimate of drug-likeness (QED) is 0.399. The second kappa shape index (κ2) is 8.96. The number of aryl methyl sites for hydroxylation is 1. The molecule has 0 unspecified atom stereocenters. The number of nitrogens with one attached hydrogen (secondary N) is 1. The van der Waals surface area contributed by atoms with Gasteiger partial charge in [-0.3, -0.25) is 15.1 Å². The van der Waals surface area contributed by atoms with Crippen molar-refractivity contribution in [2.45, 2.75) is 32.1 Å². The number of hydrogen-bond donors (Lipinski definition) is 2. The van der Waals surface area contributed by atoms with Gasteiger partial charge in [0.25, 0.3) is 0 Å². The Morgan fingerprint density at radius 3 is 2.32 bits per heavy atom. The van der Waals surface area contributed by atoms with E-state index in [4.69, 9.17) is 11.6 Å². The number of Topliss-reactive ketones (excluding diaryl/α,β-unsaturated/α-hetero) is 1. The Bertz CT molecular complexity index is 1320. The highest BCUT2D eigenvalue weighted by Gasteiger charge is 2.43. The van der Waals surface area contributed by atoms with E-state index in [1.807, 2.05) is 78.6 Å². The van der Waals surface area contributed by atoms with E-state index >= 15 is 0 Å². The van der Waals surface area contributed by atoms with E-state index in [9.17, 15) is 15.3 Å². The smallest absolute Gasteiger partial charge is 0.161 e. The van der Waals surface area contributed by atoms with Crippen molar-refractivity contribution in [1.29, 1.82) is 5.41 Å². The largest absolute Gasteiger partial charge is 0.507 e. The fraction of sp³-hybridized carbons (Fsp3) is 0.172. The monoisotopic (exact) mass is 468 g/mol. The molecule has 5 heteroatoms. The molecule has 0 radical (unpaired) electrons. The number of amidine groups is 1. The van der Waals surface area contributed by atoms with Crippen LogP contribution in [0, 0.1) is 12.3 Å². The van der Waals surface area contributed by atoms with Gasteiger partial charge in [-0.1, -0.05) is 71.8 Å². The number of aliphatic hydroxyl groups excluding tert-OH is 1. The Kier molecular flexibility index (Phi) is 5.84. The Hall–Kier alpha value is -3.63. The molecule has 0 amide bonds. The van der Waals surface area contributed by atoms with Crippen molar-refractivity contribution in [2.24, 2.45) is 0 Å². The second-order valence-electron chi connectivity index (χ2n) is 8.77. The third-order valence-corrected chi connectivity index (χ3v) is 6.80. The van der Waals surface area contributed by atoms with E-state index in [-0.39, 0.29) is 17.4 Å². The summed E-state index contributed by atoms with van der Waals surface area (Å²) in [5.74, 6) is -0.262. The number of ketones is 1. The van der Waals surface area contributed by atoms with Crippen molar-refractivity contribution in [3.05, 3.63) is 117 Å². The van der Waals surface area contributed by atoms with Gasteiger partial charge in [0.15, 0.2) is 5.78 Å². The normalized spacial score (nSPS) is 19.8. The van der Waals surface area contributed by atoms with Crippen LogP contribution in [0.2, 0.25) is 5.02 Å². The van der Waals surface area contributed by atoms with Gasteiger partial charge in [-0.05, 0) is 49.6 Å². The summed E-state index contributed by atoms with van der Waals surface area (Å²) >= 11 is 6.14. The lowest BCUT2D eigenvalue weighted by molar-refractivity contribution is -0.116. The van der Waals surface area contributed by atoms with Crippen LogP contribution < -0.4 is 4.90 Å². The van der Waals surface area contributed by atoms with Crippen LogP contribution >= 0.6 is 11.6 Å². The van der Waals surface area contributed by atoms with Crippen molar-refractivity contribution in [2.75, 3.05) is 4.90 Å². The molecule has 0 spiro atoms. The fourth-order valence-corrected chi connectivity index (χ4v) is 5.04. The molecule has 34 heavy (non-hydrogen) atoms. The van der Waals surface area contributed by atoms with Crippen LogP contribution in [0.1, 0.15) is 41.9 Å². The van der Waals surface area contributed by atoms with Crippen LogP contribution in [0.3, 0.4) is 0 Å². The number of rotatable bonds is 3. The Labute approximate surface area is 204 Å². The topological polar surface area (TPSA) is 64.4 Å². The fourth-order valence-electron chi connectivity index (χ4n) is 4.91. The maximum absolute atomic E-state index is 13.4. The van der Waals surface area contributed by atoms with E-state index in [2.05, 4.69) is 0 Å². The number of anilines is 1. The van der Waals surface area contributed by atoms with Crippen LogP contribution in [-0.2, 0) is 4.79 Å². The lowest BCUT2D eigenvalue weighted by Crippen LogP contribution is -2.42. The standard InChI is InChI=1S/C29H25ClN2O2/c1-18-10-12-20(13-11-18)28(34)27-25(19-6-3-2-4-7-19)26-23(8-5-9-24(26)33)32(29(27)31)22-16-14-21(30)15-17-22/h2-4,6-7,10-17,25,31,34H,5,8-9H2,1H3/t25-/m1/s1. The summed E-state index contributed by atoms with van der Waals surface area (Å²) < 4.78 is 0. The molecule has 4 nitrogen and oxygen atoms in total. The molecule has 5 rings (SSSR count). The van der Waals surface area contributed by atoms with E-state index in [0.717, 1.165) is 28.9 Å². The van der Waals surface area contributed by atoms with Crippen molar-refractivity contribution in [3.8, 4) is 0 Å². The number of aliphatic hydroxyl groups is 1.